The van der Waals surface area contributed by atoms with Gasteiger partial charge in [-0.05, 0) is 55.1 Å². The summed E-state index contributed by atoms with van der Waals surface area (Å²) in [7, 11) is 3.99. The molecule has 8 heteroatoms. The van der Waals surface area contributed by atoms with E-state index in [0.717, 1.165) is 41.6 Å². The van der Waals surface area contributed by atoms with Crippen LogP contribution in [0.25, 0.3) is 11.1 Å². The van der Waals surface area contributed by atoms with Crippen LogP contribution >= 0.6 is 0 Å². The topological polar surface area (TPSA) is 99.2 Å². The number of carbonyl (C=O) groups excluding carboxylic acids is 2. The zero-order chi connectivity index (χ0) is 24.9. The Morgan fingerprint density at radius 3 is 2.31 bits per heavy atom. The van der Waals surface area contributed by atoms with E-state index in [9.17, 15) is 19.5 Å². The Balaban J connectivity index is 1.40. The Labute approximate surface area is 205 Å². The summed E-state index contributed by atoms with van der Waals surface area (Å²) >= 11 is 0. The van der Waals surface area contributed by atoms with Crippen molar-refractivity contribution in [1.29, 1.82) is 0 Å². The predicted octanol–water partition coefficient (Wildman–Crippen LogP) is 3.17. The first kappa shape index (κ1) is 24.7. The third kappa shape index (κ3) is 5.82. The van der Waals surface area contributed by atoms with E-state index < -0.39 is 24.5 Å². The number of ether oxygens (including phenoxy) is 1. The van der Waals surface area contributed by atoms with Crippen LogP contribution in [0.5, 0.6) is 0 Å². The van der Waals surface area contributed by atoms with Gasteiger partial charge in [0.2, 0.25) is 5.91 Å². The zero-order valence-electron chi connectivity index (χ0n) is 20.3. The van der Waals surface area contributed by atoms with Crippen molar-refractivity contribution in [2.45, 2.75) is 31.2 Å². The van der Waals surface area contributed by atoms with E-state index >= 15 is 0 Å². The summed E-state index contributed by atoms with van der Waals surface area (Å²) in [5, 5.41) is 11.9. The molecular formula is C27H33N3O5. The fourth-order valence-electron chi connectivity index (χ4n) is 5.31. The molecular weight excluding hydrogens is 446 g/mol. The number of carbonyl (C=O) groups is 3. The molecule has 35 heavy (non-hydrogen) atoms. The van der Waals surface area contributed by atoms with Gasteiger partial charge in [0, 0.05) is 25.6 Å². The molecule has 2 aromatic rings. The van der Waals surface area contributed by atoms with Gasteiger partial charge in [-0.2, -0.15) is 0 Å². The zero-order valence-corrected chi connectivity index (χ0v) is 20.3. The maximum absolute atomic E-state index is 13.2. The van der Waals surface area contributed by atoms with Crippen molar-refractivity contribution < 1.29 is 24.2 Å². The van der Waals surface area contributed by atoms with E-state index in [1.54, 1.807) is 4.90 Å². The number of carboxylic acids is 1. The van der Waals surface area contributed by atoms with Gasteiger partial charge in [-0.15, -0.1) is 0 Å². The van der Waals surface area contributed by atoms with Gasteiger partial charge in [-0.25, -0.2) is 4.79 Å². The summed E-state index contributed by atoms with van der Waals surface area (Å²) in [5.41, 5.74) is 4.40. The molecule has 2 atom stereocenters. The van der Waals surface area contributed by atoms with Gasteiger partial charge >= 0.3 is 12.1 Å². The van der Waals surface area contributed by atoms with Crippen LogP contribution in [0.1, 0.15) is 36.3 Å². The lowest BCUT2D eigenvalue weighted by atomic mass is 9.96. The van der Waals surface area contributed by atoms with E-state index in [0.29, 0.717) is 19.0 Å². The number of benzene rings is 2. The third-order valence-electron chi connectivity index (χ3n) is 6.77. The second-order valence-electron chi connectivity index (χ2n) is 9.68. The highest BCUT2D eigenvalue weighted by Gasteiger charge is 2.33. The van der Waals surface area contributed by atoms with Gasteiger partial charge in [-0.3, -0.25) is 9.59 Å². The quantitative estimate of drug-likeness (QED) is 0.604. The molecule has 2 aliphatic rings. The molecule has 0 aromatic heterocycles. The Morgan fingerprint density at radius 1 is 1.09 bits per heavy atom. The summed E-state index contributed by atoms with van der Waals surface area (Å²) in [5.74, 6) is -1.31. The number of hydrogen-bond donors (Lipinski definition) is 2. The standard InChI is InChI=1S/C27H33N3O5/c1-29(2)15-18-8-7-13-30(16-18)26(33)24(14-25(31)32)28-27(34)35-17-23-21-11-5-3-9-19(21)20-10-4-6-12-22(20)23/h3-6,9-12,18,23-24H,7-8,13-17H2,1-2H3,(H,28,34)(H,31,32). The molecule has 1 saturated heterocycles. The van der Waals surface area contributed by atoms with Crippen molar-refractivity contribution in [1.82, 2.24) is 15.1 Å². The SMILES string of the molecule is CN(C)CC1CCCN(C(=O)C(CC(=O)O)NC(=O)OCC2c3ccccc3-c3ccccc32)C1. The van der Waals surface area contributed by atoms with Crippen LogP contribution in [0.2, 0.25) is 0 Å². The van der Waals surface area contributed by atoms with Crippen molar-refractivity contribution in [3.63, 3.8) is 0 Å². The van der Waals surface area contributed by atoms with Gasteiger partial charge in [0.25, 0.3) is 0 Å². The molecule has 1 heterocycles. The average molecular weight is 480 g/mol. The number of piperidine rings is 1. The molecule has 1 aliphatic carbocycles. The monoisotopic (exact) mass is 479 g/mol. The largest absolute Gasteiger partial charge is 0.481 e. The van der Waals surface area contributed by atoms with Crippen LogP contribution in [0, 0.1) is 5.92 Å². The molecule has 1 aliphatic heterocycles. The average Bonchev–Trinajstić information content (AvgIpc) is 3.15. The Bertz CT molecular complexity index is 1040. The summed E-state index contributed by atoms with van der Waals surface area (Å²) in [6, 6.07) is 14.9. The summed E-state index contributed by atoms with van der Waals surface area (Å²) in [6.07, 6.45) is 0.603. The minimum atomic E-state index is -1.17. The van der Waals surface area contributed by atoms with Crippen LogP contribution in [-0.2, 0) is 14.3 Å². The number of alkyl carbamates (subject to hydrolysis) is 1. The fourth-order valence-corrected chi connectivity index (χ4v) is 5.31. The van der Waals surface area contributed by atoms with E-state index in [1.165, 1.54) is 0 Å². The molecule has 0 radical (unpaired) electrons. The number of nitrogens with zero attached hydrogens (tertiary/aromatic N) is 2. The number of nitrogens with one attached hydrogen (secondary N) is 1. The highest BCUT2D eigenvalue weighted by molar-refractivity contribution is 5.89. The first-order valence-corrected chi connectivity index (χ1v) is 12.1. The molecule has 1 fully saturated rings. The van der Waals surface area contributed by atoms with Gasteiger partial charge < -0.3 is 25.0 Å². The summed E-state index contributed by atoms with van der Waals surface area (Å²) in [4.78, 5) is 41.1. The lowest BCUT2D eigenvalue weighted by molar-refractivity contribution is -0.143. The van der Waals surface area contributed by atoms with E-state index in [-0.39, 0.29) is 18.4 Å². The lowest BCUT2D eigenvalue weighted by Crippen LogP contribution is -2.53. The van der Waals surface area contributed by atoms with Gasteiger partial charge in [0.05, 0.1) is 6.42 Å². The predicted molar refractivity (Wildman–Crippen MR) is 132 cm³/mol. The van der Waals surface area contributed by atoms with Gasteiger partial charge in [0.15, 0.2) is 0 Å². The molecule has 2 N–H and O–H groups in total. The van der Waals surface area contributed by atoms with Gasteiger partial charge in [-0.1, -0.05) is 48.5 Å². The van der Waals surface area contributed by atoms with Gasteiger partial charge in [0.1, 0.15) is 12.6 Å². The number of aliphatic carboxylic acids is 1. The molecule has 0 bridgehead atoms. The van der Waals surface area contributed by atoms with E-state index in [1.807, 2.05) is 50.5 Å². The molecule has 8 nitrogen and oxygen atoms in total. The maximum Gasteiger partial charge on any atom is 0.407 e. The molecule has 186 valence electrons. The van der Waals surface area contributed by atoms with Crippen molar-refractivity contribution in [3.8, 4) is 11.1 Å². The Morgan fingerprint density at radius 2 is 1.71 bits per heavy atom. The molecule has 4 rings (SSSR count). The second kappa shape index (κ2) is 10.9. The third-order valence-corrected chi connectivity index (χ3v) is 6.77. The molecule has 2 amide bonds. The number of fused-ring (bicyclic) bond motifs is 3. The van der Waals surface area contributed by atoms with Crippen molar-refractivity contribution in [2.24, 2.45) is 5.92 Å². The van der Waals surface area contributed by atoms with Crippen LogP contribution in [0.15, 0.2) is 48.5 Å². The highest BCUT2D eigenvalue weighted by Crippen LogP contribution is 2.44. The molecule has 2 unspecified atom stereocenters. The van der Waals surface area contributed by atoms with Crippen LogP contribution < -0.4 is 5.32 Å². The Kier molecular flexibility index (Phi) is 7.70. The number of hydrogen-bond acceptors (Lipinski definition) is 5. The fraction of sp³-hybridized carbons (Fsp3) is 0.444. The second-order valence-corrected chi connectivity index (χ2v) is 9.68. The lowest BCUT2D eigenvalue weighted by Gasteiger charge is -2.35. The minimum Gasteiger partial charge on any atom is -0.481 e. The molecule has 2 aromatic carbocycles. The molecule has 0 spiro atoms. The summed E-state index contributed by atoms with van der Waals surface area (Å²) in [6.45, 7) is 2.07. The van der Waals surface area contributed by atoms with Crippen molar-refractivity contribution in [3.05, 3.63) is 59.7 Å². The number of likely N-dealkylation sites (tertiary alicyclic amines) is 1. The molecule has 0 saturated carbocycles. The normalized spacial score (nSPS) is 18.0. The smallest absolute Gasteiger partial charge is 0.407 e. The number of rotatable bonds is 8. The van der Waals surface area contributed by atoms with E-state index in [2.05, 4.69) is 22.3 Å². The minimum absolute atomic E-state index is 0.0997. The highest BCUT2D eigenvalue weighted by atomic mass is 16.5. The van der Waals surface area contributed by atoms with Crippen molar-refractivity contribution >= 4 is 18.0 Å². The van der Waals surface area contributed by atoms with Crippen LogP contribution in [-0.4, -0.2) is 79.3 Å². The number of carboxylic acid groups (broad SMARTS) is 1. The van der Waals surface area contributed by atoms with E-state index in [4.69, 9.17) is 4.74 Å². The first-order valence-electron chi connectivity index (χ1n) is 12.1. The van der Waals surface area contributed by atoms with Crippen LogP contribution in [0.3, 0.4) is 0 Å². The Hall–Kier alpha value is -3.39. The first-order chi connectivity index (χ1) is 16.8. The maximum atomic E-state index is 13.2. The summed E-state index contributed by atoms with van der Waals surface area (Å²) < 4.78 is 5.54. The number of amides is 2. The van der Waals surface area contributed by atoms with Crippen LogP contribution in [0.4, 0.5) is 4.79 Å². The van der Waals surface area contributed by atoms with Crippen molar-refractivity contribution in [2.75, 3.05) is 40.3 Å².